The number of nitro benzene ring substituents is 1. The molecule has 0 saturated carbocycles. The van der Waals surface area contributed by atoms with E-state index in [1.165, 1.54) is 36.6 Å². The van der Waals surface area contributed by atoms with E-state index in [0.717, 1.165) is 17.3 Å². The van der Waals surface area contributed by atoms with Crippen molar-refractivity contribution in [3.05, 3.63) is 127 Å². The van der Waals surface area contributed by atoms with Gasteiger partial charge in [-0.3, -0.25) is 19.8 Å². The Kier molecular flexibility index (Phi) is 9.45. The Balaban J connectivity index is 1.37. The van der Waals surface area contributed by atoms with Crippen LogP contribution in [0.15, 0.2) is 98.6 Å². The first-order valence-corrected chi connectivity index (χ1v) is 14.2. The maximum atomic E-state index is 13.4. The zero-order valence-electron chi connectivity index (χ0n) is 22.5. The maximum Gasteiger partial charge on any atom is 0.270 e. The number of methoxy groups -OCH3 is 1. The number of hydrogen-bond donors (Lipinski definition) is 0. The lowest BCUT2D eigenvalue weighted by Crippen LogP contribution is -2.28. The molecular weight excluding hydrogens is 615 g/mol. The molecule has 0 aliphatic carbocycles. The van der Waals surface area contributed by atoms with Gasteiger partial charge in [-0.05, 0) is 59.8 Å². The Morgan fingerprint density at radius 2 is 1.91 bits per heavy atom. The molecule has 5 rings (SSSR count). The van der Waals surface area contributed by atoms with Gasteiger partial charge in [-0.1, -0.05) is 47.5 Å². The molecule has 0 atom stereocenters. The number of carbonyl (C=O) groups is 1. The second kappa shape index (κ2) is 13.6. The molecule has 0 radical (unpaired) electrons. The van der Waals surface area contributed by atoms with E-state index in [-0.39, 0.29) is 24.7 Å². The number of carbonyl (C=O) groups excluding carboxylic acids is 1. The SMILES string of the molecule is COc1cc(/C=C2\S/C(=N\N=C\c3cccc([N+](=O)[O-])c3)N(Cc3ccco3)C2=O)ccc1OCc1ccc(Cl)cc1Cl. The monoisotopic (exact) mass is 636 g/mol. The summed E-state index contributed by atoms with van der Waals surface area (Å²) in [5.74, 6) is 1.24. The normalized spacial score (nSPS) is 15.1. The number of benzene rings is 3. The molecule has 1 amide bonds. The van der Waals surface area contributed by atoms with Crippen molar-refractivity contribution in [2.24, 2.45) is 10.2 Å². The Morgan fingerprint density at radius 3 is 2.65 bits per heavy atom. The molecule has 1 aromatic heterocycles. The fourth-order valence-corrected chi connectivity index (χ4v) is 5.38. The molecule has 218 valence electrons. The third kappa shape index (κ3) is 7.44. The van der Waals surface area contributed by atoms with Crippen LogP contribution in [0.2, 0.25) is 10.0 Å². The van der Waals surface area contributed by atoms with Crippen LogP contribution in [0.3, 0.4) is 0 Å². The first kappa shape index (κ1) is 29.9. The van der Waals surface area contributed by atoms with Crippen LogP contribution in [0, 0.1) is 10.1 Å². The van der Waals surface area contributed by atoms with Crippen LogP contribution in [-0.4, -0.2) is 34.2 Å². The number of amidine groups is 1. The van der Waals surface area contributed by atoms with Crippen LogP contribution in [0.5, 0.6) is 11.5 Å². The quantitative estimate of drug-likeness (QED) is 0.0761. The average Bonchev–Trinajstić information content (AvgIpc) is 3.61. The second-order valence-corrected chi connectivity index (χ2v) is 10.8. The fraction of sp³-hybridized carbons (Fsp3) is 0.100. The topological polar surface area (TPSA) is 120 Å². The van der Waals surface area contributed by atoms with Crippen LogP contribution < -0.4 is 9.47 Å². The van der Waals surface area contributed by atoms with E-state index in [0.29, 0.717) is 48.5 Å². The molecule has 0 bridgehead atoms. The highest BCUT2D eigenvalue weighted by atomic mass is 35.5. The fourth-order valence-electron chi connectivity index (χ4n) is 3.98. The van der Waals surface area contributed by atoms with E-state index in [1.807, 2.05) is 0 Å². The molecule has 2 heterocycles. The van der Waals surface area contributed by atoms with E-state index in [1.54, 1.807) is 66.7 Å². The predicted molar refractivity (Wildman–Crippen MR) is 167 cm³/mol. The van der Waals surface area contributed by atoms with Crippen LogP contribution in [0.1, 0.15) is 22.5 Å². The van der Waals surface area contributed by atoms with Gasteiger partial charge in [0.2, 0.25) is 0 Å². The van der Waals surface area contributed by atoms with Gasteiger partial charge >= 0.3 is 0 Å². The molecule has 10 nitrogen and oxygen atoms in total. The van der Waals surface area contributed by atoms with Crippen molar-refractivity contribution in [2.75, 3.05) is 7.11 Å². The van der Waals surface area contributed by atoms with Crippen LogP contribution in [0.25, 0.3) is 6.08 Å². The molecule has 1 saturated heterocycles. The largest absolute Gasteiger partial charge is 0.493 e. The van der Waals surface area contributed by atoms with Crippen LogP contribution >= 0.6 is 35.0 Å². The number of thioether (sulfide) groups is 1. The predicted octanol–water partition coefficient (Wildman–Crippen LogP) is 7.59. The smallest absolute Gasteiger partial charge is 0.270 e. The van der Waals surface area contributed by atoms with Crippen LogP contribution in [0.4, 0.5) is 5.69 Å². The minimum absolute atomic E-state index is 0.0627. The van der Waals surface area contributed by atoms with Gasteiger partial charge in [0.25, 0.3) is 11.6 Å². The van der Waals surface area contributed by atoms with Gasteiger partial charge < -0.3 is 13.9 Å². The van der Waals surface area contributed by atoms with Crippen molar-refractivity contribution in [3.8, 4) is 11.5 Å². The first-order valence-electron chi connectivity index (χ1n) is 12.6. The summed E-state index contributed by atoms with van der Waals surface area (Å²) in [6.07, 6.45) is 4.63. The van der Waals surface area contributed by atoms with Gasteiger partial charge in [-0.25, -0.2) is 0 Å². The number of halogens is 2. The summed E-state index contributed by atoms with van der Waals surface area (Å²) in [5.41, 5.74) is 1.90. The Hall–Kier alpha value is -4.58. The van der Waals surface area contributed by atoms with Crippen LogP contribution in [-0.2, 0) is 17.9 Å². The lowest BCUT2D eigenvalue weighted by Gasteiger charge is -2.13. The van der Waals surface area contributed by atoms with Crippen molar-refractivity contribution in [2.45, 2.75) is 13.2 Å². The minimum Gasteiger partial charge on any atom is -0.493 e. The molecule has 0 N–H and O–H groups in total. The van der Waals surface area contributed by atoms with E-state index in [4.69, 9.17) is 37.1 Å². The van der Waals surface area contributed by atoms with Gasteiger partial charge in [0, 0.05) is 33.3 Å². The number of ether oxygens (including phenoxy) is 2. The third-order valence-corrected chi connectivity index (χ3v) is 7.68. The summed E-state index contributed by atoms with van der Waals surface area (Å²) in [6, 6.07) is 20.0. The number of non-ortho nitro benzene ring substituents is 1. The molecule has 1 fully saturated rings. The Labute approximate surface area is 260 Å². The maximum absolute atomic E-state index is 13.4. The number of amides is 1. The van der Waals surface area contributed by atoms with Gasteiger partial charge in [0.05, 0.1) is 36.0 Å². The van der Waals surface area contributed by atoms with E-state index >= 15 is 0 Å². The summed E-state index contributed by atoms with van der Waals surface area (Å²) in [4.78, 5) is 25.9. The van der Waals surface area contributed by atoms with Crippen molar-refractivity contribution in [3.63, 3.8) is 0 Å². The molecule has 13 heteroatoms. The molecule has 3 aromatic carbocycles. The van der Waals surface area contributed by atoms with Gasteiger partial charge in [-0.15, -0.1) is 5.10 Å². The summed E-state index contributed by atoms with van der Waals surface area (Å²) in [6.45, 7) is 0.351. The van der Waals surface area contributed by atoms with Crippen molar-refractivity contribution in [1.29, 1.82) is 0 Å². The van der Waals surface area contributed by atoms with Gasteiger partial charge in [0.15, 0.2) is 16.7 Å². The average molecular weight is 638 g/mol. The standard InChI is InChI=1S/C30H22Cl2N4O6S/c1-40-27-13-19(7-10-26(27)42-18-21-8-9-22(31)15-25(21)32)14-28-29(37)35(17-24-6-3-11-41-24)30(43-28)34-33-16-20-4-2-5-23(12-20)36(38)39/h2-16H,17-18H2,1H3/b28-14-,33-16+,34-30-. The molecule has 1 aliphatic heterocycles. The van der Waals surface area contributed by atoms with Crippen molar-refractivity contribution in [1.82, 2.24) is 4.90 Å². The number of nitro groups is 1. The summed E-state index contributed by atoms with van der Waals surface area (Å²) < 4.78 is 16.9. The highest BCUT2D eigenvalue weighted by Crippen LogP contribution is 2.36. The Morgan fingerprint density at radius 1 is 1.05 bits per heavy atom. The molecule has 43 heavy (non-hydrogen) atoms. The Bertz CT molecular complexity index is 1760. The molecule has 1 aliphatic rings. The molecule has 0 spiro atoms. The second-order valence-electron chi connectivity index (χ2n) is 9.00. The number of rotatable bonds is 10. The summed E-state index contributed by atoms with van der Waals surface area (Å²) in [5, 5.41) is 20.8. The number of hydrogen-bond acceptors (Lipinski definition) is 9. The summed E-state index contributed by atoms with van der Waals surface area (Å²) >= 11 is 13.4. The van der Waals surface area contributed by atoms with E-state index in [2.05, 4.69) is 10.2 Å². The molecule has 0 unspecified atom stereocenters. The highest BCUT2D eigenvalue weighted by Gasteiger charge is 2.34. The van der Waals surface area contributed by atoms with Crippen molar-refractivity contribution >= 4 is 64.0 Å². The zero-order chi connectivity index (χ0) is 30.3. The lowest BCUT2D eigenvalue weighted by atomic mass is 10.1. The number of furan rings is 1. The van der Waals surface area contributed by atoms with Gasteiger partial charge in [-0.2, -0.15) is 5.10 Å². The third-order valence-electron chi connectivity index (χ3n) is 6.10. The summed E-state index contributed by atoms with van der Waals surface area (Å²) in [7, 11) is 1.53. The minimum atomic E-state index is -0.486. The lowest BCUT2D eigenvalue weighted by molar-refractivity contribution is -0.384. The molecular formula is C30H22Cl2N4O6S. The van der Waals surface area contributed by atoms with E-state index in [9.17, 15) is 14.9 Å². The van der Waals surface area contributed by atoms with Gasteiger partial charge in [0.1, 0.15) is 12.4 Å². The molecule has 4 aromatic rings. The first-order chi connectivity index (χ1) is 20.8. The van der Waals surface area contributed by atoms with Crippen molar-refractivity contribution < 1.29 is 23.6 Å². The number of nitrogens with zero attached hydrogens (tertiary/aromatic N) is 4. The zero-order valence-corrected chi connectivity index (χ0v) is 24.8. The highest BCUT2D eigenvalue weighted by molar-refractivity contribution is 8.18. The van der Waals surface area contributed by atoms with E-state index < -0.39 is 4.92 Å².